The standard InChI is InChI=1S/C16H24F2N2O/c1-5-20(12(2)11-19(3)4)7-6-16(21)13-8-14(17)10-15(18)9-13/h8-10,12H,5-7,11H2,1-4H3. The number of carbonyl (C=O) groups is 1. The lowest BCUT2D eigenvalue weighted by molar-refractivity contribution is 0.0948. The SMILES string of the molecule is CCN(CCC(=O)c1cc(F)cc(F)c1)C(C)CN(C)C. The minimum atomic E-state index is -0.716. The summed E-state index contributed by atoms with van der Waals surface area (Å²) >= 11 is 0. The molecule has 0 aliphatic heterocycles. The van der Waals surface area contributed by atoms with E-state index in [0.717, 1.165) is 31.3 Å². The molecule has 1 unspecified atom stereocenters. The lowest BCUT2D eigenvalue weighted by atomic mass is 10.1. The van der Waals surface area contributed by atoms with Gasteiger partial charge in [0.2, 0.25) is 0 Å². The smallest absolute Gasteiger partial charge is 0.164 e. The second-order valence-electron chi connectivity index (χ2n) is 5.57. The number of halogens is 2. The van der Waals surface area contributed by atoms with E-state index in [9.17, 15) is 13.6 Å². The minimum absolute atomic E-state index is 0.101. The Labute approximate surface area is 125 Å². The highest BCUT2D eigenvalue weighted by molar-refractivity contribution is 5.96. The van der Waals surface area contributed by atoms with Crippen LogP contribution in [0.4, 0.5) is 8.78 Å². The van der Waals surface area contributed by atoms with Crippen LogP contribution in [0, 0.1) is 11.6 Å². The van der Waals surface area contributed by atoms with E-state index in [2.05, 4.69) is 16.7 Å². The highest BCUT2D eigenvalue weighted by Gasteiger charge is 2.15. The highest BCUT2D eigenvalue weighted by atomic mass is 19.1. The van der Waals surface area contributed by atoms with Gasteiger partial charge in [-0.15, -0.1) is 0 Å². The molecule has 0 amide bonds. The van der Waals surface area contributed by atoms with E-state index in [1.807, 2.05) is 21.0 Å². The van der Waals surface area contributed by atoms with Crippen molar-refractivity contribution < 1.29 is 13.6 Å². The Kier molecular flexibility index (Phi) is 6.92. The van der Waals surface area contributed by atoms with Crippen LogP contribution in [0.3, 0.4) is 0 Å². The molecule has 0 saturated heterocycles. The van der Waals surface area contributed by atoms with Crippen LogP contribution in [-0.2, 0) is 0 Å². The van der Waals surface area contributed by atoms with Gasteiger partial charge in [0, 0.05) is 37.2 Å². The second-order valence-corrected chi connectivity index (χ2v) is 5.57. The van der Waals surface area contributed by atoms with Crippen molar-refractivity contribution in [2.75, 3.05) is 33.7 Å². The molecule has 3 nitrogen and oxygen atoms in total. The number of hydrogen-bond acceptors (Lipinski definition) is 3. The third-order valence-electron chi connectivity index (χ3n) is 3.47. The van der Waals surface area contributed by atoms with Gasteiger partial charge in [-0.05, 0) is 39.7 Å². The quantitative estimate of drug-likeness (QED) is 0.690. The number of carbonyl (C=O) groups excluding carboxylic acids is 1. The number of rotatable bonds is 8. The van der Waals surface area contributed by atoms with Crippen LogP contribution in [0.5, 0.6) is 0 Å². The van der Waals surface area contributed by atoms with Crippen LogP contribution >= 0.6 is 0 Å². The van der Waals surface area contributed by atoms with E-state index >= 15 is 0 Å². The molecule has 0 heterocycles. The van der Waals surface area contributed by atoms with Gasteiger partial charge in [0.25, 0.3) is 0 Å². The Bertz CT molecular complexity index is 457. The molecule has 118 valence electrons. The number of likely N-dealkylation sites (N-methyl/N-ethyl adjacent to an activating group) is 2. The fourth-order valence-corrected chi connectivity index (χ4v) is 2.44. The Morgan fingerprint density at radius 2 is 1.76 bits per heavy atom. The molecular weight excluding hydrogens is 274 g/mol. The van der Waals surface area contributed by atoms with E-state index in [-0.39, 0.29) is 17.8 Å². The van der Waals surface area contributed by atoms with Crippen molar-refractivity contribution in [3.63, 3.8) is 0 Å². The Balaban J connectivity index is 2.61. The molecule has 1 aromatic rings. The second kappa shape index (κ2) is 8.20. The van der Waals surface area contributed by atoms with Crippen LogP contribution in [0.15, 0.2) is 18.2 Å². The summed E-state index contributed by atoms with van der Waals surface area (Å²) in [5, 5.41) is 0. The van der Waals surface area contributed by atoms with E-state index in [1.54, 1.807) is 0 Å². The van der Waals surface area contributed by atoms with Gasteiger partial charge < -0.3 is 4.90 Å². The molecular formula is C16H24F2N2O. The predicted octanol–water partition coefficient (Wildman–Crippen LogP) is 2.81. The molecule has 21 heavy (non-hydrogen) atoms. The Morgan fingerprint density at radius 1 is 1.19 bits per heavy atom. The first kappa shape index (κ1) is 17.7. The maximum Gasteiger partial charge on any atom is 0.164 e. The average Bonchev–Trinajstić information content (AvgIpc) is 2.37. The fourth-order valence-electron chi connectivity index (χ4n) is 2.44. The fraction of sp³-hybridized carbons (Fsp3) is 0.562. The summed E-state index contributed by atoms with van der Waals surface area (Å²) in [4.78, 5) is 16.3. The van der Waals surface area contributed by atoms with Crippen LogP contribution in [0.2, 0.25) is 0 Å². The number of Topliss-reactive ketones (excluding diaryl/α,β-unsaturated/α-hetero) is 1. The first-order valence-corrected chi connectivity index (χ1v) is 7.21. The summed E-state index contributed by atoms with van der Waals surface area (Å²) < 4.78 is 26.2. The van der Waals surface area contributed by atoms with Crippen molar-refractivity contribution in [2.24, 2.45) is 0 Å². The van der Waals surface area contributed by atoms with Crippen LogP contribution in [0.1, 0.15) is 30.6 Å². The van der Waals surface area contributed by atoms with Gasteiger partial charge in [0.05, 0.1) is 0 Å². The van der Waals surface area contributed by atoms with Crippen molar-refractivity contribution in [2.45, 2.75) is 26.3 Å². The molecule has 1 rings (SSSR count). The molecule has 0 aliphatic carbocycles. The molecule has 0 aliphatic rings. The first-order valence-electron chi connectivity index (χ1n) is 7.21. The van der Waals surface area contributed by atoms with Crippen molar-refractivity contribution in [3.05, 3.63) is 35.4 Å². The molecule has 0 aromatic heterocycles. The molecule has 0 saturated carbocycles. The highest BCUT2D eigenvalue weighted by Crippen LogP contribution is 2.11. The van der Waals surface area contributed by atoms with Gasteiger partial charge in [0.15, 0.2) is 5.78 Å². The van der Waals surface area contributed by atoms with Gasteiger partial charge >= 0.3 is 0 Å². The molecule has 0 N–H and O–H groups in total. The van der Waals surface area contributed by atoms with Crippen LogP contribution < -0.4 is 0 Å². The van der Waals surface area contributed by atoms with Gasteiger partial charge in [-0.2, -0.15) is 0 Å². The zero-order valence-electron chi connectivity index (χ0n) is 13.2. The summed E-state index contributed by atoms with van der Waals surface area (Å²) in [6.45, 7) is 6.47. The largest absolute Gasteiger partial charge is 0.308 e. The third kappa shape index (κ3) is 5.89. The van der Waals surface area contributed by atoms with Crippen molar-refractivity contribution in [3.8, 4) is 0 Å². The monoisotopic (exact) mass is 298 g/mol. The lowest BCUT2D eigenvalue weighted by Gasteiger charge is -2.29. The van der Waals surface area contributed by atoms with Crippen LogP contribution in [0.25, 0.3) is 0 Å². The van der Waals surface area contributed by atoms with Crippen molar-refractivity contribution in [1.82, 2.24) is 9.80 Å². The zero-order valence-corrected chi connectivity index (χ0v) is 13.2. The number of benzene rings is 1. The predicted molar refractivity (Wildman–Crippen MR) is 80.6 cm³/mol. The number of nitrogens with zero attached hydrogens (tertiary/aromatic N) is 2. The van der Waals surface area contributed by atoms with E-state index in [4.69, 9.17) is 0 Å². The first-order chi connectivity index (χ1) is 9.83. The van der Waals surface area contributed by atoms with E-state index in [0.29, 0.717) is 12.6 Å². The Hall–Kier alpha value is -1.33. The lowest BCUT2D eigenvalue weighted by Crippen LogP contribution is -2.41. The number of hydrogen-bond donors (Lipinski definition) is 0. The molecule has 1 aromatic carbocycles. The van der Waals surface area contributed by atoms with Gasteiger partial charge in [-0.25, -0.2) is 8.78 Å². The number of ketones is 1. The average molecular weight is 298 g/mol. The maximum absolute atomic E-state index is 13.1. The summed E-state index contributed by atoms with van der Waals surface area (Å²) in [6, 6.07) is 3.27. The molecule has 5 heteroatoms. The normalized spacial score (nSPS) is 13.0. The zero-order chi connectivity index (χ0) is 16.0. The van der Waals surface area contributed by atoms with Gasteiger partial charge in [-0.3, -0.25) is 9.69 Å². The topological polar surface area (TPSA) is 23.6 Å². The van der Waals surface area contributed by atoms with Crippen molar-refractivity contribution >= 4 is 5.78 Å². The molecule has 0 fully saturated rings. The Morgan fingerprint density at radius 3 is 2.24 bits per heavy atom. The molecule has 0 radical (unpaired) electrons. The van der Waals surface area contributed by atoms with E-state index < -0.39 is 11.6 Å². The van der Waals surface area contributed by atoms with Crippen LogP contribution in [-0.4, -0.2) is 55.4 Å². The van der Waals surface area contributed by atoms with Crippen molar-refractivity contribution in [1.29, 1.82) is 0 Å². The molecule has 0 bridgehead atoms. The summed E-state index contributed by atoms with van der Waals surface area (Å²) in [5.74, 6) is -1.66. The van der Waals surface area contributed by atoms with Gasteiger partial charge in [0.1, 0.15) is 11.6 Å². The third-order valence-corrected chi connectivity index (χ3v) is 3.47. The summed E-state index contributed by atoms with van der Waals surface area (Å²) in [6.07, 6.45) is 0.258. The molecule has 0 spiro atoms. The van der Waals surface area contributed by atoms with E-state index in [1.165, 1.54) is 0 Å². The minimum Gasteiger partial charge on any atom is -0.308 e. The summed E-state index contributed by atoms with van der Waals surface area (Å²) in [7, 11) is 4.01. The molecule has 1 atom stereocenters. The maximum atomic E-state index is 13.1. The van der Waals surface area contributed by atoms with Gasteiger partial charge in [-0.1, -0.05) is 6.92 Å². The summed E-state index contributed by atoms with van der Waals surface area (Å²) in [5.41, 5.74) is 0.101.